The Morgan fingerprint density at radius 3 is 2.72 bits per heavy atom. The number of aromatic nitrogens is 1. The van der Waals surface area contributed by atoms with Crippen molar-refractivity contribution in [1.82, 2.24) is 9.88 Å². The Labute approximate surface area is 149 Å². The number of hydrogen-bond acceptors (Lipinski definition) is 3. The van der Waals surface area contributed by atoms with Crippen molar-refractivity contribution in [2.24, 2.45) is 0 Å². The monoisotopic (exact) mass is 343 g/mol. The van der Waals surface area contributed by atoms with Gasteiger partial charge in [-0.1, -0.05) is 25.5 Å². The number of rotatable bonds is 7. The van der Waals surface area contributed by atoms with Crippen LogP contribution in [0.3, 0.4) is 0 Å². The van der Waals surface area contributed by atoms with Gasteiger partial charge in [-0.3, -0.25) is 14.7 Å². The molecule has 0 fully saturated rings. The molecule has 1 aromatic heterocycles. The van der Waals surface area contributed by atoms with E-state index in [1.54, 1.807) is 12.3 Å². The van der Waals surface area contributed by atoms with Gasteiger partial charge in [-0.2, -0.15) is 0 Å². The molecule has 5 heteroatoms. The Hall–Kier alpha value is -2.27. The van der Waals surface area contributed by atoms with Gasteiger partial charge in [-0.25, -0.2) is 4.39 Å². The van der Waals surface area contributed by atoms with Crippen LogP contribution in [0, 0.1) is 12.7 Å². The number of aryl methyl sites for hydroxylation is 1. The van der Waals surface area contributed by atoms with Gasteiger partial charge in [-0.15, -0.1) is 0 Å². The number of carbonyl (C=O) groups excluding carboxylic acids is 1. The maximum atomic E-state index is 13.4. The highest BCUT2D eigenvalue weighted by Crippen LogP contribution is 2.25. The molecule has 25 heavy (non-hydrogen) atoms. The van der Waals surface area contributed by atoms with E-state index in [4.69, 9.17) is 0 Å². The van der Waals surface area contributed by atoms with Crippen LogP contribution in [0.25, 0.3) is 0 Å². The van der Waals surface area contributed by atoms with Gasteiger partial charge in [-0.05, 0) is 57.1 Å². The fraction of sp³-hybridized carbons (Fsp3) is 0.400. The summed E-state index contributed by atoms with van der Waals surface area (Å²) in [6.07, 6.45) is 3.67. The van der Waals surface area contributed by atoms with E-state index in [9.17, 15) is 9.18 Å². The lowest BCUT2D eigenvalue weighted by atomic mass is 10.0. The van der Waals surface area contributed by atoms with Crippen LogP contribution in [0.15, 0.2) is 42.6 Å². The summed E-state index contributed by atoms with van der Waals surface area (Å²) in [4.78, 5) is 19.1. The maximum Gasteiger partial charge on any atom is 0.241 e. The van der Waals surface area contributed by atoms with Crippen molar-refractivity contribution >= 4 is 11.6 Å². The standard InChI is InChI=1S/C20H26FN3O/c1-5-8-19(17-9-6-7-12-22-17)24(4)15(3)20(25)23-18-13-16(21)11-10-14(18)2/h6-7,9-13,15,19H,5,8H2,1-4H3,(H,23,25)/t15-,19-/m0/s1. The van der Waals surface area contributed by atoms with E-state index in [0.29, 0.717) is 5.69 Å². The first-order valence-corrected chi connectivity index (χ1v) is 8.64. The SMILES string of the molecule is CCC[C@@H](c1ccccn1)N(C)[C@@H](C)C(=O)Nc1cc(F)ccc1C. The van der Waals surface area contributed by atoms with Gasteiger partial charge in [0.05, 0.1) is 17.8 Å². The molecule has 0 saturated heterocycles. The van der Waals surface area contributed by atoms with Gasteiger partial charge in [0.25, 0.3) is 0 Å². The Kier molecular flexibility index (Phi) is 6.65. The third kappa shape index (κ3) is 4.86. The second kappa shape index (κ2) is 8.72. The molecule has 1 amide bonds. The minimum atomic E-state index is -0.374. The predicted octanol–water partition coefficient (Wildman–Crippen LogP) is 4.33. The predicted molar refractivity (Wildman–Crippen MR) is 98.9 cm³/mol. The molecule has 2 atom stereocenters. The molecule has 0 unspecified atom stereocenters. The quantitative estimate of drug-likeness (QED) is 0.814. The van der Waals surface area contributed by atoms with Crippen LogP contribution < -0.4 is 5.32 Å². The summed E-state index contributed by atoms with van der Waals surface area (Å²) in [6, 6.07) is 9.91. The minimum absolute atomic E-state index is 0.0561. The second-order valence-corrected chi connectivity index (χ2v) is 6.35. The van der Waals surface area contributed by atoms with Crippen LogP contribution in [-0.2, 0) is 4.79 Å². The largest absolute Gasteiger partial charge is 0.324 e. The first-order valence-electron chi connectivity index (χ1n) is 8.64. The molecule has 1 heterocycles. The minimum Gasteiger partial charge on any atom is -0.324 e. The highest BCUT2D eigenvalue weighted by atomic mass is 19.1. The number of benzene rings is 1. The number of anilines is 1. The van der Waals surface area contributed by atoms with Crippen LogP contribution in [-0.4, -0.2) is 28.9 Å². The first-order chi connectivity index (χ1) is 11.9. The van der Waals surface area contributed by atoms with Gasteiger partial charge in [0.15, 0.2) is 0 Å². The fourth-order valence-corrected chi connectivity index (χ4v) is 2.83. The molecule has 1 aromatic carbocycles. The third-order valence-electron chi connectivity index (χ3n) is 4.53. The van der Waals surface area contributed by atoms with E-state index < -0.39 is 0 Å². The Morgan fingerprint density at radius 1 is 1.32 bits per heavy atom. The summed E-state index contributed by atoms with van der Waals surface area (Å²) in [7, 11) is 1.93. The number of pyridine rings is 1. The summed E-state index contributed by atoms with van der Waals surface area (Å²) >= 11 is 0. The van der Waals surface area contributed by atoms with Gasteiger partial charge < -0.3 is 5.32 Å². The molecule has 0 aliphatic carbocycles. The zero-order valence-corrected chi connectivity index (χ0v) is 15.3. The highest BCUT2D eigenvalue weighted by molar-refractivity contribution is 5.95. The van der Waals surface area contributed by atoms with Crippen molar-refractivity contribution in [2.45, 2.75) is 45.7 Å². The lowest BCUT2D eigenvalue weighted by molar-refractivity contribution is -0.121. The molecule has 134 valence electrons. The Bertz CT molecular complexity index is 705. The van der Waals surface area contributed by atoms with Crippen molar-refractivity contribution in [1.29, 1.82) is 0 Å². The second-order valence-electron chi connectivity index (χ2n) is 6.35. The molecule has 0 radical (unpaired) electrons. The third-order valence-corrected chi connectivity index (χ3v) is 4.53. The average Bonchev–Trinajstić information content (AvgIpc) is 2.62. The number of nitrogens with zero attached hydrogens (tertiary/aromatic N) is 2. The molecular formula is C20H26FN3O. The van der Waals surface area contributed by atoms with Gasteiger partial charge in [0.1, 0.15) is 5.82 Å². The van der Waals surface area contributed by atoms with E-state index in [2.05, 4.69) is 17.2 Å². The van der Waals surface area contributed by atoms with Crippen molar-refractivity contribution in [3.05, 3.63) is 59.7 Å². The molecule has 2 rings (SSSR count). The number of amides is 1. The van der Waals surface area contributed by atoms with Gasteiger partial charge in [0, 0.05) is 11.9 Å². The Morgan fingerprint density at radius 2 is 2.08 bits per heavy atom. The van der Waals surface area contributed by atoms with Gasteiger partial charge in [0.2, 0.25) is 5.91 Å². The molecule has 0 aliphatic heterocycles. The molecule has 0 saturated carbocycles. The van der Waals surface area contributed by atoms with Gasteiger partial charge >= 0.3 is 0 Å². The lowest BCUT2D eigenvalue weighted by Crippen LogP contribution is -2.42. The number of carbonyl (C=O) groups is 1. The van der Waals surface area contributed by atoms with Crippen molar-refractivity contribution in [2.75, 3.05) is 12.4 Å². The topological polar surface area (TPSA) is 45.2 Å². The molecular weight excluding hydrogens is 317 g/mol. The number of halogens is 1. The number of hydrogen-bond donors (Lipinski definition) is 1. The highest BCUT2D eigenvalue weighted by Gasteiger charge is 2.26. The number of nitrogens with one attached hydrogen (secondary N) is 1. The molecule has 0 bridgehead atoms. The maximum absolute atomic E-state index is 13.4. The van der Waals surface area contributed by atoms with Crippen molar-refractivity contribution in [3.8, 4) is 0 Å². The van der Waals surface area contributed by atoms with Crippen LogP contribution in [0.1, 0.15) is 44.0 Å². The summed E-state index contributed by atoms with van der Waals surface area (Å²) in [6.45, 7) is 5.82. The summed E-state index contributed by atoms with van der Waals surface area (Å²) in [5, 5.41) is 2.84. The zero-order valence-electron chi connectivity index (χ0n) is 15.3. The molecule has 0 aliphatic rings. The number of likely N-dealkylation sites (N-methyl/N-ethyl adjacent to an activating group) is 1. The van der Waals surface area contributed by atoms with E-state index in [1.807, 2.05) is 44.0 Å². The van der Waals surface area contributed by atoms with Crippen LogP contribution >= 0.6 is 0 Å². The normalized spacial score (nSPS) is 13.5. The van der Waals surface area contributed by atoms with Crippen LogP contribution in [0.4, 0.5) is 10.1 Å². The van der Waals surface area contributed by atoms with Crippen LogP contribution in [0.2, 0.25) is 0 Å². The molecule has 1 N–H and O–H groups in total. The van der Waals surface area contributed by atoms with Crippen molar-refractivity contribution in [3.63, 3.8) is 0 Å². The lowest BCUT2D eigenvalue weighted by Gasteiger charge is -2.32. The smallest absolute Gasteiger partial charge is 0.241 e. The van der Waals surface area contributed by atoms with E-state index in [-0.39, 0.29) is 23.8 Å². The first kappa shape index (κ1) is 19.1. The van der Waals surface area contributed by atoms with Crippen LogP contribution in [0.5, 0.6) is 0 Å². The summed E-state index contributed by atoms with van der Waals surface area (Å²) in [5.74, 6) is -0.521. The summed E-state index contributed by atoms with van der Waals surface area (Å²) < 4.78 is 13.4. The molecule has 4 nitrogen and oxygen atoms in total. The van der Waals surface area contributed by atoms with E-state index in [0.717, 1.165) is 24.1 Å². The molecule has 0 spiro atoms. The van der Waals surface area contributed by atoms with E-state index >= 15 is 0 Å². The fourth-order valence-electron chi connectivity index (χ4n) is 2.83. The van der Waals surface area contributed by atoms with Crippen molar-refractivity contribution < 1.29 is 9.18 Å². The van der Waals surface area contributed by atoms with E-state index in [1.165, 1.54) is 12.1 Å². The molecule has 2 aromatic rings. The summed E-state index contributed by atoms with van der Waals surface area (Å²) in [5.41, 5.74) is 2.29. The Balaban J connectivity index is 2.14. The zero-order chi connectivity index (χ0) is 18.4. The average molecular weight is 343 g/mol.